The molecule has 3 aliphatic heterocycles. The summed E-state index contributed by atoms with van der Waals surface area (Å²) in [4.78, 5) is 2.44. The largest absolute Gasteiger partial charge is 0.454 e. The van der Waals surface area contributed by atoms with Crippen LogP contribution in [0.15, 0.2) is 42.5 Å². The smallest absolute Gasteiger partial charge is 0.231 e. The van der Waals surface area contributed by atoms with Gasteiger partial charge in [0, 0.05) is 37.4 Å². The quantitative estimate of drug-likeness (QED) is 0.899. The Hall–Kier alpha value is -2.24. The van der Waals surface area contributed by atoms with Crippen LogP contribution in [0.1, 0.15) is 30.1 Å². The molecule has 5 heteroatoms. The Kier molecular flexibility index (Phi) is 4.64. The molecular weight excluding hydrogens is 340 g/mol. The highest BCUT2D eigenvalue weighted by Crippen LogP contribution is 2.36. The van der Waals surface area contributed by atoms with Gasteiger partial charge in [0.2, 0.25) is 6.79 Å². The lowest BCUT2D eigenvalue weighted by molar-refractivity contribution is 0.0333. The van der Waals surface area contributed by atoms with Crippen molar-refractivity contribution < 1.29 is 14.2 Å². The molecule has 0 spiro atoms. The molecule has 5 rings (SSSR count). The van der Waals surface area contributed by atoms with Crippen molar-refractivity contribution in [3.63, 3.8) is 0 Å². The molecule has 2 atom stereocenters. The highest BCUT2D eigenvalue weighted by atomic mass is 16.7. The summed E-state index contributed by atoms with van der Waals surface area (Å²) in [6, 6.07) is 15.5. The van der Waals surface area contributed by atoms with Crippen LogP contribution in [0, 0.1) is 0 Å². The minimum absolute atomic E-state index is 0.234. The number of nitrogens with one attached hydrogen (secondary N) is 1. The summed E-state index contributed by atoms with van der Waals surface area (Å²) in [7, 11) is 0. The third kappa shape index (κ3) is 3.49. The Morgan fingerprint density at radius 3 is 2.96 bits per heavy atom. The van der Waals surface area contributed by atoms with Gasteiger partial charge >= 0.3 is 0 Å². The number of fused-ring (bicyclic) bond motifs is 2. The molecule has 142 valence electrons. The third-order valence-electron chi connectivity index (χ3n) is 5.85. The van der Waals surface area contributed by atoms with Crippen molar-refractivity contribution in [2.45, 2.75) is 31.4 Å². The zero-order valence-corrected chi connectivity index (χ0v) is 15.5. The Labute approximate surface area is 160 Å². The molecule has 2 aromatic carbocycles. The summed E-state index contributed by atoms with van der Waals surface area (Å²) >= 11 is 0. The van der Waals surface area contributed by atoms with Crippen molar-refractivity contribution in [2.75, 3.05) is 37.9 Å². The van der Waals surface area contributed by atoms with E-state index in [-0.39, 0.29) is 6.10 Å². The fourth-order valence-electron chi connectivity index (χ4n) is 4.40. The van der Waals surface area contributed by atoms with E-state index in [4.69, 9.17) is 14.2 Å². The Morgan fingerprint density at radius 1 is 1.04 bits per heavy atom. The van der Waals surface area contributed by atoms with Gasteiger partial charge in [0.05, 0.1) is 12.7 Å². The van der Waals surface area contributed by atoms with Gasteiger partial charge in [-0.3, -0.25) is 0 Å². The van der Waals surface area contributed by atoms with Crippen molar-refractivity contribution in [1.82, 2.24) is 5.32 Å². The summed E-state index contributed by atoms with van der Waals surface area (Å²) in [5.74, 6) is 1.70. The second kappa shape index (κ2) is 7.41. The number of piperazine rings is 1. The molecule has 1 saturated heterocycles. The van der Waals surface area contributed by atoms with Gasteiger partial charge in [0.15, 0.2) is 11.5 Å². The van der Waals surface area contributed by atoms with Gasteiger partial charge in [-0.25, -0.2) is 0 Å². The topological polar surface area (TPSA) is 43.0 Å². The normalized spacial score (nSPS) is 23.9. The lowest BCUT2D eigenvalue weighted by Gasteiger charge is -2.36. The summed E-state index contributed by atoms with van der Waals surface area (Å²) in [6.07, 6.45) is 3.44. The van der Waals surface area contributed by atoms with Gasteiger partial charge in [-0.15, -0.1) is 0 Å². The van der Waals surface area contributed by atoms with E-state index in [0.717, 1.165) is 57.0 Å². The molecule has 1 N–H and O–H groups in total. The Morgan fingerprint density at radius 2 is 1.96 bits per heavy atom. The highest BCUT2D eigenvalue weighted by Gasteiger charge is 2.25. The van der Waals surface area contributed by atoms with E-state index in [1.54, 1.807) is 0 Å². The Bertz CT molecular complexity index is 810. The van der Waals surface area contributed by atoms with E-state index in [1.807, 2.05) is 6.07 Å². The number of ether oxygens (including phenoxy) is 3. The lowest BCUT2D eigenvalue weighted by Crippen LogP contribution is -2.50. The van der Waals surface area contributed by atoms with Crippen LogP contribution >= 0.6 is 0 Å². The highest BCUT2D eigenvalue weighted by molar-refractivity contribution is 5.57. The number of rotatable bonds is 4. The van der Waals surface area contributed by atoms with Crippen LogP contribution in [0.25, 0.3) is 0 Å². The molecule has 27 heavy (non-hydrogen) atoms. The van der Waals surface area contributed by atoms with Crippen LogP contribution in [0.2, 0.25) is 0 Å². The van der Waals surface area contributed by atoms with Crippen LogP contribution in [0.3, 0.4) is 0 Å². The minimum atomic E-state index is 0.234. The second-order valence-electron chi connectivity index (χ2n) is 7.52. The number of benzene rings is 2. The molecule has 0 radical (unpaired) electrons. The maximum atomic E-state index is 6.09. The predicted molar refractivity (Wildman–Crippen MR) is 105 cm³/mol. The zero-order chi connectivity index (χ0) is 18.1. The molecule has 1 fully saturated rings. The maximum Gasteiger partial charge on any atom is 0.231 e. The van der Waals surface area contributed by atoms with E-state index >= 15 is 0 Å². The van der Waals surface area contributed by atoms with Gasteiger partial charge in [0.1, 0.15) is 0 Å². The van der Waals surface area contributed by atoms with Crippen molar-refractivity contribution in [1.29, 1.82) is 0 Å². The molecule has 0 aromatic heterocycles. The average Bonchev–Trinajstić information content (AvgIpc) is 3.20. The van der Waals surface area contributed by atoms with Gasteiger partial charge in [0.25, 0.3) is 0 Å². The van der Waals surface area contributed by atoms with Crippen LogP contribution < -0.4 is 19.7 Å². The molecule has 3 heterocycles. The van der Waals surface area contributed by atoms with E-state index in [1.165, 1.54) is 16.8 Å². The minimum Gasteiger partial charge on any atom is -0.454 e. The molecule has 0 bridgehead atoms. The number of anilines is 1. The summed E-state index contributed by atoms with van der Waals surface area (Å²) in [5, 5.41) is 3.68. The lowest BCUT2D eigenvalue weighted by atomic mass is 9.93. The first-order valence-electron chi connectivity index (χ1n) is 9.94. The molecule has 2 unspecified atom stereocenters. The van der Waals surface area contributed by atoms with Gasteiger partial charge in [-0.2, -0.15) is 0 Å². The number of hydrogen-bond acceptors (Lipinski definition) is 5. The van der Waals surface area contributed by atoms with E-state index < -0.39 is 0 Å². The van der Waals surface area contributed by atoms with Gasteiger partial charge in [-0.05, 0) is 42.5 Å². The fourth-order valence-corrected chi connectivity index (χ4v) is 4.40. The van der Waals surface area contributed by atoms with Crippen molar-refractivity contribution in [3.05, 3.63) is 53.6 Å². The van der Waals surface area contributed by atoms with Crippen LogP contribution in [0.5, 0.6) is 11.5 Å². The predicted octanol–water partition coefficient (Wildman–Crippen LogP) is 3.29. The fraction of sp³-hybridized carbons (Fsp3) is 0.455. The molecule has 2 aromatic rings. The SMILES string of the molecule is c1ccc2c(c1)CCOC2CCC1CN(c2ccc3c(c2)OCO3)CCN1. The van der Waals surface area contributed by atoms with Gasteiger partial charge in [-0.1, -0.05) is 24.3 Å². The standard InChI is InChI=1S/C22H26N2O3/c1-2-4-19-16(3-1)9-12-25-20(19)7-5-17-14-24(11-10-23-17)18-6-8-21-22(13-18)27-15-26-21/h1-4,6,8,13,17,20,23H,5,7,9-12,14-15H2. The molecule has 0 aliphatic carbocycles. The molecule has 3 aliphatic rings. The maximum absolute atomic E-state index is 6.09. The van der Waals surface area contributed by atoms with E-state index in [0.29, 0.717) is 12.8 Å². The van der Waals surface area contributed by atoms with Crippen LogP contribution in [0.4, 0.5) is 5.69 Å². The van der Waals surface area contributed by atoms with Crippen LogP contribution in [-0.4, -0.2) is 39.1 Å². The summed E-state index contributed by atoms with van der Waals surface area (Å²) in [5.41, 5.74) is 4.05. The molecular formula is C22H26N2O3. The van der Waals surface area contributed by atoms with Gasteiger partial charge < -0.3 is 24.4 Å². The van der Waals surface area contributed by atoms with Crippen molar-refractivity contribution in [3.8, 4) is 11.5 Å². The van der Waals surface area contributed by atoms with Crippen molar-refractivity contribution >= 4 is 5.69 Å². The molecule has 0 saturated carbocycles. The first kappa shape index (κ1) is 16.9. The Balaban J connectivity index is 1.22. The zero-order valence-electron chi connectivity index (χ0n) is 15.5. The summed E-state index contributed by atoms with van der Waals surface area (Å²) in [6.45, 7) is 4.18. The average molecular weight is 366 g/mol. The van der Waals surface area contributed by atoms with Crippen LogP contribution in [-0.2, 0) is 11.2 Å². The van der Waals surface area contributed by atoms with E-state index in [2.05, 4.69) is 46.6 Å². The first-order valence-corrected chi connectivity index (χ1v) is 9.94. The van der Waals surface area contributed by atoms with Crippen molar-refractivity contribution in [2.24, 2.45) is 0 Å². The second-order valence-corrected chi connectivity index (χ2v) is 7.52. The molecule has 0 amide bonds. The number of hydrogen-bond donors (Lipinski definition) is 1. The third-order valence-corrected chi connectivity index (χ3v) is 5.85. The van der Waals surface area contributed by atoms with E-state index in [9.17, 15) is 0 Å². The number of nitrogens with zero attached hydrogens (tertiary/aromatic N) is 1. The monoisotopic (exact) mass is 366 g/mol. The summed E-state index contributed by atoms with van der Waals surface area (Å²) < 4.78 is 17.1. The molecule has 5 nitrogen and oxygen atoms in total. The first-order chi connectivity index (χ1) is 13.4.